The average molecular weight is 116 g/mol. The predicted molar refractivity (Wildman–Crippen MR) is 28.5 cm³/mol. The summed E-state index contributed by atoms with van der Waals surface area (Å²) >= 11 is 0. The maximum Gasteiger partial charge on any atom is 0.166 e. The molecule has 0 spiro atoms. The van der Waals surface area contributed by atoms with Gasteiger partial charge in [-0.15, -0.1) is 0 Å². The van der Waals surface area contributed by atoms with Crippen LogP contribution in [0.5, 0.6) is 0 Å². The topological polar surface area (TPSA) is 26.3 Å². The summed E-state index contributed by atoms with van der Waals surface area (Å²) in [4.78, 5) is 10.1. The monoisotopic (exact) mass is 116 g/mol. The van der Waals surface area contributed by atoms with Gasteiger partial charge < -0.3 is 4.52 Å². The number of hydrogen-bond donors (Lipinski definition) is 0. The van der Waals surface area contributed by atoms with E-state index in [0.29, 0.717) is 6.42 Å². The fourth-order valence-electron chi connectivity index (χ4n) is 0.398. The molecule has 0 N–H and O–H groups in total. The molecule has 3 heteroatoms. The molecule has 2 nitrogen and oxygen atoms in total. The molecule has 0 fully saturated rings. The van der Waals surface area contributed by atoms with Gasteiger partial charge in [-0.2, -0.15) is 0 Å². The van der Waals surface area contributed by atoms with Gasteiger partial charge >= 0.3 is 0 Å². The molecular formula is C4H5O2P. The lowest BCUT2D eigenvalue weighted by Gasteiger charge is -2.09. The Morgan fingerprint density at radius 3 is 2.57 bits per heavy atom. The summed E-state index contributed by atoms with van der Waals surface area (Å²) in [6.07, 6.45) is 1.95. The predicted octanol–water partition coefficient (Wildman–Crippen LogP) is 0.650. The maximum atomic E-state index is 10.1. The van der Waals surface area contributed by atoms with Crippen molar-refractivity contribution in [2.75, 3.05) is 0 Å². The van der Waals surface area contributed by atoms with E-state index in [-0.39, 0.29) is 5.78 Å². The molecule has 0 saturated heterocycles. The van der Waals surface area contributed by atoms with Gasteiger partial charge in [-0.05, 0) is 0 Å². The van der Waals surface area contributed by atoms with Crippen LogP contribution in [0.15, 0.2) is 11.8 Å². The van der Waals surface area contributed by atoms with Crippen LogP contribution in [-0.2, 0) is 9.32 Å². The fraction of sp³-hybridized carbons (Fsp3) is 0.250. The van der Waals surface area contributed by atoms with E-state index in [1.807, 2.05) is 0 Å². The Morgan fingerprint density at radius 1 is 1.86 bits per heavy atom. The Bertz CT molecular complexity index is 128. The van der Waals surface area contributed by atoms with Crippen molar-refractivity contribution < 1.29 is 9.32 Å². The van der Waals surface area contributed by atoms with Crippen molar-refractivity contribution in [3.63, 3.8) is 0 Å². The van der Waals surface area contributed by atoms with Crippen LogP contribution in [0.1, 0.15) is 6.42 Å². The summed E-state index contributed by atoms with van der Waals surface area (Å²) in [6.45, 7) is 0. The lowest BCUT2D eigenvalue weighted by atomic mass is 10.1. The van der Waals surface area contributed by atoms with Crippen molar-refractivity contribution in [1.82, 2.24) is 0 Å². The molecule has 38 valence electrons. The van der Waals surface area contributed by atoms with Crippen molar-refractivity contribution >= 4 is 15.2 Å². The first kappa shape index (κ1) is 4.79. The smallest absolute Gasteiger partial charge is 0.166 e. The quantitative estimate of drug-likeness (QED) is 0.470. The highest BCUT2D eigenvalue weighted by Gasteiger charge is 2.14. The van der Waals surface area contributed by atoms with Crippen LogP contribution in [0.3, 0.4) is 0 Å². The Kier molecular flexibility index (Phi) is 1.11. The van der Waals surface area contributed by atoms with Gasteiger partial charge in [-0.25, -0.2) is 0 Å². The number of rotatable bonds is 1. The van der Waals surface area contributed by atoms with Gasteiger partial charge in [0.1, 0.15) is 5.76 Å². The van der Waals surface area contributed by atoms with Crippen LogP contribution < -0.4 is 0 Å². The summed E-state index contributed by atoms with van der Waals surface area (Å²) in [6, 6.07) is 0. The zero-order valence-corrected chi connectivity index (χ0v) is 4.83. The second-order valence-electron chi connectivity index (χ2n) is 1.37. The molecule has 0 aliphatic heterocycles. The number of carbonyl (C=O) groups excluding carboxylic acids is 1. The van der Waals surface area contributed by atoms with E-state index in [1.54, 1.807) is 0 Å². The molecule has 1 rings (SSSR count). The van der Waals surface area contributed by atoms with Crippen LogP contribution >= 0.6 is 9.47 Å². The standard InChI is InChI=1S/C4H5O2P/c5-3-1-4(2-3)6-7/h1H,2,7H2. The largest absolute Gasteiger partial charge is 0.484 e. The first-order chi connectivity index (χ1) is 3.33. The van der Waals surface area contributed by atoms with Crippen LogP contribution in [0.4, 0.5) is 0 Å². The third-order valence-electron chi connectivity index (χ3n) is 0.822. The number of hydrogen-bond acceptors (Lipinski definition) is 2. The molecule has 0 radical (unpaired) electrons. The summed E-state index contributed by atoms with van der Waals surface area (Å²) < 4.78 is 4.61. The fourth-order valence-corrected chi connectivity index (χ4v) is 0.549. The van der Waals surface area contributed by atoms with Crippen LogP contribution in [0.25, 0.3) is 0 Å². The highest BCUT2D eigenvalue weighted by atomic mass is 31.0. The summed E-state index contributed by atoms with van der Waals surface area (Å²) in [5.74, 6) is 0.910. The van der Waals surface area contributed by atoms with E-state index >= 15 is 0 Å². The molecule has 0 amide bonds. The van der Waals surface area contributed by atoms with E-state index in [9.17, 15) is 4.79 Å². The van der Waals surface area contributed by atoms with Crippen molar-refractivity contribution in [2.24, 2.45) is 0 Å². The van der Waals surface area contributed by atoms with Gasteiger partial charge in [-0.1, -0.05) is 0 Å². The molecule has 1 atom stereocenters. The zero-order valence-electron chi connectivity index (χ0n) is 3.68. The Hall–Kier alpha value is -0.360. The molecule has 0 aromatic carbocycles. The van der Waals surface area contributed by atoms with Crippen LogP contribution in [0.2, 0.25) is 0 Å². The molecule has 1 aliphatic carbocycles. The first-order valence-corrected chi connectivity index (χ1v) is 2.40. The van der Waals surface area contributed by atoms with E-state index in [1.165, 1.54) is 6.08 Å². The molecule has 0 heterocycles. The molecular weight excluding hydrogens is 111 g/mol. The highest BCUT2D eigenvalue weighted by molar-refractivity contribution is 7.10. The maximum absolute atomic E-state index is 10.1. The minimum Gasteiger partial charge on any atom is -0.484 e. The van der Waals surface area contributed by atoms with Gasteiger partial charge in [0.05, 0.1) is 15.9 Å². The number of allylic oxidation sites excluding steroid dienone is 2. The van der Waals surface area contributed by atoms with Crippen LogP contribution in [0, 0.1) is 0 Å². The SMILES string of the molecule is O=C1C=C(OP)C1. The van der Waals surface area contributed by atoms with Gasteiger partial charge in [0, 0.05) is 6.08 Å². The molecule has 0 aromatic heterocycles. The van der Waals surface area contributed by atoms with Gasteiger partial charge in [0.2, 0.25) is 0 Å². The number of ketones is 1. The molecule has 0 aromatic rings. The van der Waals surface area contributed by atoms with Crippen molar-refractivity contribution in [2.45, 2.75) is 6.42 Å². The Balaban J connectivity index is 2.50. The van der Waals surface area contributed by atoms with E-state index in [2.05, 4.69) is 14.0 Å². The van der Waals surface area contributed by atoms with E-state index in [4.69, 9.17) is 0 Å². The lowest BCUT2D eigenvalue weighted by molar-refractivity contribution is -0.116. The summed E-state index contributed by atoms with van der Waals surface area (Å²) in [5, 5.41) is 0. The Morgan fingerprint density at radius 2 is 2.43 bits per heavy atom. The van der Waals surface area contributed by atoms with Crippen molar-refractivity contribution in [3.05, 3.63) is 11.8 Å². The minimum absolute atomic E-state index is 0.150. The zero-order chi connectivity index (χ0) is 5.28. The molecule has 7 heavy (non-hydrogen) atoms. The minimum atomic E-state index is 0.150. The normalized spacial score (nSPS) is 17.9. The third-order valence-corrected chi connectivity index (χ3v) is 1.12. The molecule has 1 unspecified atom stereocenters. The average Bonchev–Trinajstić information content (AvgIpc) is 1.58. The third kappa shape index (κ3) is 0.804. The van der Waals surface area contributed by atoms with E-state index < -0.39 is 0 Å². The van der Waals surface area contributed by atoms with Gasteiger partial charge in [-0.3, -0.25) is 4.79 Å². The summed E-state index contributed by atoms with van der Waals surface area (Å²) in [7, 11) is 2.09. The lowest BCUT2D eigenvalue weighted by Crippen LogP contribution is -2.07. The Labute approximate surface area is 43.8 Å². The van der Waals surface area contributed by atoms with Crippen molar-refractivity contribution in [1.29, 1.82) is 0 Å². The van der Waals surface area contributed by atoms with Crippen LogP contribution in [-0.4, -0.2) is 5.78 Å². The second-order valence-corrected chi connectivity index (χ2v) is 1.61. The number of carbonyl (C=O) groups is 1. The molecule has 0 saturated carbocycles. The first-order valence-electron chi connectivity index (χ1n) is 1.93. The second kappa shape index (κ2) is 1.63. The molecule has 1 aliphatic rings. The van der Waals surface area contributed by atoms with Crippen molar-refractivity contribution in [3.8, 4) is 0 Å². The molecule has 0 bridgehead atoms. The van der Waals surface area contributed by atoms with Gasteiger partial charge in [0.25, 0.3) is 0 Å². The highest BCUT2D eigenvalue weighted by Crippen LogP contribution is 2.17. The van der Waals surface area contributed by atoms with E-state index in [0.717, 1.165) is 5.76 Å². The van der Waals surface area contributed by atoms with Gasteiger partial charge in [0.15, 0.2) is 5.78 Å². The summed E-state index contributed by atoms with van der Waals surface area (Å²) in [5.41, 5.74) is 0.